The maximum atomic E-state index is 11.7. The number of rotatable bonds is 7. The van der Waals surface area contributed by atoms with Gasteiger partial charge in [0.1, 0.15) is 5.75 Å². The Morgan fingerprint density at radius 1 is 1.22 bits per heavy atom. The van der Waals surface area contributed by atoms with Gasteiger partial charge in [-0.05, 0) is 48.4 Å². The predicted octanol–water partition coefficient (Wildman–Crippen LogP) is 3.61. The summed E-state index contributed by atoms with van der Waals surface area (Å²) in [6.45, 7) is 3.26. The molecular weight excluding hydrogens is 312 g/mol. The summed E-state index contributed by atoms with van der Waals surface area (Å²) in [6, 6.07) is 11.3. The van der Waals surface area contributed by atoms with E-state index in [-0.39, 0.29) is 0 Å². The minimum absolute atomic E-state index is 0.381. The number of nitrogens with one attached hydrogen (secondary N) is 1. The molecule has 1 amide bonds. The smallest absolute Gasteiger partial charge is 0.252 e. The molecule has 5 heteroatoms. The third kappa shape index (κ3) is 4.24. The highest BCUT2D eigenvalue weighted by Gasteiger charge is 2.12. The van der Waals surface area contributed by atoms with Gasteiger partial charge in [0.25, 0.3) is 5.91 Å². The van der Waals surface area contributed by atoms with Gasteiger partial charge in [0, 0.05) is 11.6 Å². The molecule has 0 aromatic heterocycles. The largest absolute Gasteiger partial charge is 0.493 e. The van der Waals surface area contributed by atoms with Crippen LogP contribution < -0.4 is 15.8 Å². The van der Waals surface area contributed by atoms with Crippen LogP contribution in [-0.4, -0.2) is 19.6 Å². The second-order valence-corrected chi connectivity index (χ2v) is 5.67. The molecule has 0 saturated heterocycles. The minimum atomic E-state index is -0.504. The number of hydrogen-bond donors (Lipinski definition) is 2. The quantitative estimate of drug-likeness (QED) is 0.814. The number of hydrogen-bond acceptors (Lipinski definition) is 3. The molecule has 2 aromatic carbocycles. The molecule has 122 valence electrons. The highest BCUT2D eigenvalue weighted by Crippen LogP contribution is 2.29. The zero-order chi connectivity index (χ0) is 16.8. The van der Waals surface area contributed by atoms with Crippen LogP contribution in [0.15, 0.2) is 36.4 Å². The van der Waals surface area contributed by atoms with Crippen LogP contribution in [0.2, 0.25) is 5.02 Å². The predicted molar refractivity (Wildman–Crippen MR) is 94.0 cm³/mol. The van der Waals surface area contributed by atoms with Crippen LogP contribution in [0.25, 0.3) is 11.1 Å². The fourth-order valence-corrected chi connectivity index (χ4v) is 2.55. The average molecular weight is 333 g/mol. The van der Waals surface area contributed by atoms with Crippen LogP contribution in [0.1, 0.15) is 29.3 Å². The third-order valence-corrected chi connectivity index (χ3v) is 3.81. The number of primary amides is 1. The van der Waals surface area contributed by atoms with Crippen LogP contribution in [0.3, 0.4) is 0 Å². The number of carbonyl (C=O) groups is 1. The molecule has 0 unspecified atom stereocenters. The first-order valence-electron chi connectivity index (χ1n) is 7.56. The number of benzene rings is 2. The Labute approximate surface area is 141 Å². The van der Waals surface area contributed by atoms with Crippen molar-refractivity contribution in [3.05, 3.63) is 52.5 Å². The van der Waals surface area contributed by atoms with E-state index < -0.39 is 5.91 Å². The van der Waals surface area contributed by atoms with Crippen molar-refractivity contribution in [2.45, 2.75) is 19.9 Å². The Bertz CT molecular complexity index is 701. The molecule has 0 aliphatic carbocycles. The third-order valence-electron chi connectivity index (χ3n) is 3.46. The molecule has 2 aromatic rings. The maximum Gasteiger partial charge on any atom is 0.252 e. The van der Waals surface area contributed by atoms with Crippen molar-refractivity contribution >= 4 is 17.5 Å². The number of ether oxygens (including phenoxy) is 1. The Hall–Kier alpha value is -2.04. The Morgan fingerprint density at radius 3 is 2.52 bits per heavy atom. The summed E-state index contributed by atoms with van der Waals surface area (Å²) in [5.74, 6) is 0.0110. The maximum absolute atomic E-state index is 11.7. The molecule has 0 bridgehead atoms. The fraction of sp³-hybridized carbons (Fsp3) is 0.278. The van der Waals surface area contributed by atoms with Crippen molar-refractivity contribution in [2.75, 3.05) is 13.7 Å². The van der Waals surface area contributed by atoms with Crippen molar-refractivity contribution in [3.63, 3.8) is 0 Å². The van der Waals surface area contributed by atoms with Crippen molar-refractivity contribution < 1.29 is 9.53 Å². The number of nitrogens with two attached hydrogens (primary N) is 1. The second-order valence-electron chi connectivity index (χ2n) is 5.26. The monoisotopic (exact) mass is 332 g/mol. The molecule has 0 fully saturated rings. The van der Waals surface area contributed by atoms with Crippen LogP contribution in [0.4, 0.5) is 0 Å². The van der Waals surface area contributed by atoms with Gasteiger partial charge in [-0.2, -0.15) is 0 Å². The summed E-state index contributed by atoms with van der Waals surface area (Å²) in [7, 11) is 1.87. The zero-order valence-electron chi connectivity index (χ0n) is 13.4. The first kappa shape index (κ1) is 17.3. The molecule has 0 heterocycles. The van der Waals surface area contributed by atoms with Gasteiger partial charge < -0.3 is 15.8 Å². The van der Waals surface area contributed by atoms with Crippen LogP contribution in [-0.2, 0) is 6.54 Å². The molecule has 4 nitrogen and oxygen atoms in total. The van der Waals surface area contributed by atoms with Crippen LogP contribution in [0.5, 0.6) is 5.75 Å². The van der Waals surface area contributed by atoms with Gasteiger partial charge >= 0.3 is 0 Å². The highest BCUT2D eigenvalue weighted by molar-refractivity contribution is 6.31. The van der Waals surface area contributed by atoms with Crippen LogP contribution in [0, 0.1) is 0 Å². The van der Waals surface area contributed by atoms with Crippen molar-refractivity contribution in [3.8, 4) is 16.9 Å². The normalized spacial score (nSPS) is 10.6. The van der Waals surface area contributed by atoms with Gasteiger partial charge in [0.15, 0.2) is 0 Å². The van der Waals surface area contributed by atoms with E-state index in [1.54, 1.807) is 12.1 Å². The lowest BCUT2D eigenvalue weighted by atomic mass is 10.0. The number of halogens is 1. The molecule has 0 aliphatic heterocycles. The SMILES string of the molecule is CCCOc1ccc(-c2ccc(CNC)c(Cl)c2)cc1C(N)=O. The van der Waals surface area contributed by atoms with E-state index in [1.807, 2.05) is 38.2 Å². The lowest BCUT2D eigenvalue weighted by Gasteiger charge is -2.12. The van der Waals surface area contributed by atoms with E-state index in [2.05, 4.69) is 5.32 Å². The lowest BCUT2D eigenvalue weighted by Crippen LogP contribution is -2.13. The van der Waals surface area contributed by atoms with E-state index in [4.69, 9.17) is 22.1 Å². The average Bonchev–Trinajstić information content (AvgIpc) is 2.54. The fourth-order valence-electron chi connectivity index (χ4n) is 2.30. The first-order chi connectivity index (χ1) is 11.1. The van der Waals surface area contributed by atoms with E-state index in [1.165, 1.54) is 0 Å². The van der Waals surface area contributed by atoms with E-state index >= 15 is 0 Å². The molecule has 0 atom stereocenters. The van der Waals surface area contributed by atoms with Crippen molar-refractivity contribution in [2.24, 2.45) is 5.73 Å². The van der Waals surface area contributed by atoms with Gasteiger partial charge in [-0.1, -0.05) is 36.7 Å². The van der Waals surface area contributed by atoms with Gasteiger partial charge in [-0.25, -0.2) is 0 Å². The number of amides is 1. The second kappa shape index (κ2) is 7.99. The Kier molecular flexibility index (Phi) is 6.02. The summed E-state index contributed by atoms with van der Waals surface area (Å²) in [6.07, 6.45) is 0.864. The Morgan fingerprint density at radius 2 is 1.91 bits per heavy atom. The van der Waals surface area contributed by atoms with Crippen molar-refractivity contribution in [1.29, 1.82) is 0 Å². The summed E-state index contributed by atoms with van der Waals surface area (Å²) in [5, 5.41) is 3.76. The summed E-state index contributed by atoms with van der Waals surface area (Å²) < 4.78 is 5.58. The highest BCUT2D eigenvalue weighted by atomic mass is 35.5. The molecule has 0 saturated carbocycles. The molecule has 0 radical (unpaired) electrons. The minimum Gasteiger partial charge on any atom is -0.493 e. The van der Waals surface area contributed by atoms with E-state index in [0.29, 0.717) is 29.5 Å². The van der Waals surface area contributed by atoms with Crippen molar-refractivity contribution in [1.82, 2.24) is 5.32 Å². The zero-order valence-corrected chi connectivity index (χ0v) is 14.1. The van der Waals surface area contributed by atoms with Gasteiger partial charge in [-0.3, -0.25) is 4.79 Å². The van der Waals surface area contributed by atoms with Gasteiger partial charge in [0.2, 0.25) is 0 Å². The van der Waals surface area contributed by atoms with E-state index in [9.17, 15) is 4.79 Å². The molecule has 0 spiro atoms. The Balaban J connectivity index is 2.38. The molecule has 23 heavy (non-hydrogen) atoms. The lowest BCUT2D eigenvalue weighted by molar-refractivity contribution is 0.0996. The molecule has 3 N–H and O–H groups in total. The molecule has 2 rings (SSSR count). The topological polar surface area (TPSA) is 64.3 Å². The molecular formula is C18H21ClN2O2. The summed E-state index contributed by atoms with van der Waals surface area (Å²) >= 11 is 6.30. The first-order valence-corrected chi connectivity index (χ1v) is 7.94. The van der Waals surface area contributed by atoms with E-state index in [0.717, 1.165) is 23.1 Å². The summed E-state index contributed by atoms with van der Waals surface area (Å²) in [5.41, 5.74) is 8.68. The summed E-state index contributed by atoms with van der Waals surface area (Å²) in [4.78, 5) is 11.7. The molecule has 0 aliphatic rings. The van der Waals surface area contributed by atoms with Crippen LogP contribution >= 0.6 is 11.6 Å². The van der Waals surface area contributed by atoms with Gasteiger partial charge in [-0.15, -0.1) is 0 Å². The standard InChI is InChI=1S/C18H21ClN2O2/c1-3-8-23-17-7-6-12(9-15(17)18(20)22)13-4-5-14(11-21-2)16(19)10-13/h4-7,9-10,21H,3,8,11H2,1-2H3,(H2,20,22). The van der Waals surface area contributed by atoms with Gasteiger partial charge in [0.05, 0.1) is 12.2 Å². The number of carbonyl (C=O) groups excluding carboxylic acids is 1.